The van der Waals surface area contributed by atoms with Crippen LogP contribution in [0.25, 0.3) is 5.69 Å². The zero-order valence-corrected chi connectivity index (χ0v) is 17.2. The zero-order chi connectivity index (χ0) is 18.6. The fourth-order valence-electron chi connectivity index (χ4n) is 2.61. The molecule has 0 bridgehead atoms. The maximum absolute atomic E-state index is 11.8. The minimum atomic E-state index is -0.166. The van der Waals surface area contributed by atoms with Crippen LogP contribution in [0.5, 0.6) is 0 Å². The highest BCUT2D eigenvalue weighted by Gasteiger charge is 2.08. The van der Waals surface area contributed by atoms with Crippen LogP contribution in [0.1, 0.15) is 57.1 Å². The van der Waals surface area contributed by atoms with E-state index in [4.69, 9.17) is 4.74 Å². The van der Waals surface area contributed by atoms with E-state index in [9.17, 15) is 4.79 Å². The van der Waals surface area contributed by atoms with Gasteiger partial charge in [-0.15, -0.1) is 11.7 Å². The van der Waals surface area contributed by atoms with Crippen LogP contribution in [-0.2, 0) is 16.1 Å². The summed E-state index contributed by atoms with van der Waals surface area (Å²) >= 11 is 2.26. The first-order chi connectivity index (χ1) is 12.7. The number of nitrogens with zero attached hydrogens (tertiary/aromatic N) is 3. The Balaban J connectivity index is 1.62. The number of benzene rings is 1. The van der Waals surface area contributed by atoms with Crippen LogP contribution in [0.3, 0.4) is 0 Å². The Morgan fingerprint density at radius 3 is 2.65 bits per heavy atom. The Kier molecular flexibility index (Phi) is 9.38. The van der Waals surface area contributed by atoms with E-state index in [2.05, 4.69) is 39.5 Å². The Hall–Kier alpha value is -1.70. The third-order valence-electron chi connectivity index (χ3n) is 4.06. The second-order valence-electron chi connectivity index (χ2n) is 6.22. The van der Waals surface area contributed by atoms with Gasteiger partial charge in [0.15, 0.2) is 0 Å². The third-order valence-corrected chi connectivity index (χ3v) is 4.97. The van der Waals surface area contributed by atoms with Gasteiger partial charge in [0.1, 0.15) is 12.3 Å². The van der Waals surface area contributed by atoms with E-state index in [0.29, 0.717) is 12.1 Å². The van der Waals surface area contributed by atoms with Crippen molar-refractivity contribution in [2.45, 2.75) is 58.0 Å². The van der Waals surface area contributed by atoms with Crippen molar-refractivity contribution in [3.8, 4) is 5.69 Å². The van der Waals surface area contributed by atoms with E-state index in [1.54, 1.807) is 10.9 Å². The summed E-state index contributed by atoms with van der Waals surface area (Å²) in [6, 6.07) is 7.92. The van der Waals surface area contributed by atoms with E-state index < -0.39 is 0 Å². The molecule has 6 heteroatoms. The van der Waals surface area contributed by atoms with Gasteiger partial charge in [-0.3, -0.25) is 4.79 Å². The molecule has 0 aliphatic rings. The largest absolute Gasteiger partial charge is 0.459 e. The second-order valence-corrected chi connectivity index (χ2v) is 7.38. The van der Waals surface area contributed by atoms with Crippen molar-refractivity contribution < 1.29 is 9.53 Å². The Labute approximate surface area is 169 Å². The van der Waals surface area contributed by atoms with Crippen LogP contribution < -0.4 is 0 Å². The highest BCUT2D eigenvalue weighted by Crippen LogP contribution is 2.16. The Bertz CT molecular complexity index is 700. The molecule has 5 nitrogen and oxygen atoms in total. The number of ether oxygens (including phenoxy) is 1. The maximum atomic E-state index is 11.8. The molecular weight excluding hydrogens is 441 g/mol. The van der Waals surface area contributed by atoms with Gasteiger partial charge < -0.3 is 4.74 Å². The molecule has 0 radical (unpaired) electrons. The molecule has 0 spiro atoms. The lowest BCUT2D eigenvalue weighted by molar-refractivity contribution is -0.145. The first-order valence-corrected chi connectivity index (χ1v) is 10.2. The SMILES string of the molecule is C=CCCCCCCCCC(=O)OCc1cn(-c2ccccc2I)nn1. The summed E-state index contributed by atoms with van der Waals surface area (Å²) in [4.78, 5) is 11.8. The molecule has 0 saturated heterocycles. The van der Waals surface area contributed by atoms with E-state index in [-0.39, 0.29) is 12.6 Å². The molecule has 0 amide bonds. The highest BCUT2D eigenvalue weighted by molar-refractivity contribution is 14.1. The van der Waals surface area contributed by atoms with Crippen LogP contribution >= 0.6 is 22.6 Å². The topological polar surface area (TPSA) is 57.0 Å². The quantitative estimate of drug-likeness (QED) is 0.186. The summed E-state index contributed by atoms with van der Waals surface area (Å²) in [6.45, 7) is 3.90. The fourth-order valence-corrected chi connectivity index (χ4v) is 3.25. The molecule has 2 rings (SSSR count). The monoisotopic (exact) mass is 467 g/mol. The lowest BCUT2D eigenvalue weighted by Crippen LogP contribution is -2.04. The maximum Gasteiger partial charge on any atom is 0.306 e. The van der Waals surface area contributed by atoms with Crippen molar-refractivity contribution in [3.63, 3.8) is 0 Å². The number of para-hydroxylation sites is 1. The molecule has 140 valence electrons. The van der Waals surface area contributed by atoms with Crippen LogP contribution in [0.4, 0.5) is 0 Å². The molecule has 0 N–H and O–H groups in total. The first kappa shape index (κ1) is 20.6. The van der Waals surface area contributed by atoms with Crippen LogP contribution in [0, 0.1) is 3.57 Å². The smallest absolute Gasteiger partial charge is 0.306 e. The summed E-state index contributed by atoms with van der Waals surface area (Å²) in [6.07, 6.45) is 12.2. The number of allylic oxidation sites excluding steroid dienone is 1. The molecule has 1 heterocycles. The number of hydrogen-bond acceptors (Lipinski definition) is 4. The van der Waals surface area contributed by atoms with Gasteiger partial charge in [-0.25, -0.2) is 4.68 Å². The van der Waals surface area contributed by atoms with E-state index in [1.165, 1.54) is 25.7 Å². The number of rotatable bonds is 12. The van der Waals surface area contributed by atoms with Crippen LogP contribution in [0.2, 0.25) is 0 Å². The number of unbranched alkanes of at least 4 members (excludes halogenated alkanes) is 6. The number of aromatic nitrogens is 3. The minimum Gasteiger partial charge on any atom is -0.459 e. The fraction of sp³-hybridized carbons (Fsp3) is 0.450. The van der Waals surface area contributed by atoms with Crippen molar-refractivity contribution in [3.05, 3.63) is 52.4 Å². The van der Waals surface area contributed by atoms with Crippen molar-refractivity contribution in [2.75, 3.05) is 0 Å². The molecule has 1 aromatic heterocycles. The van der Waals surface area contributed by atoms with Gasteiger partial charge in [0.2, 0.25) is 0 Å². The van der Waals surface area contributed by atoms with Crippen molar-refractivity contribution >= 4 is 28.6 Å². The molecule has 26 heavy (non-hydrogen) atoms. The summed E-state index contributed by atoms with van der Waals surface area (Å²) in [5.74, 6) is -0.166. The number of carbonyl (C=O) groups is 1. The molecule has 0 saturated carbocycles. The molecule has 0 aliphatic heterocycles. The van der Waals surface area contributed by atoms with Crippen molar-refractivity contribution in [1.82, 2.24) is 15.0 Å². The standard InChI is InChI=1S/C20H26IN3O2/c1-2-3-4-5-6-7-8-9-14-20(25)26-16-17-15-24(23-22-17)19-13-11-10-12-18(19)21/h2,10-13,15H,1,3-9,14,16H2. The van der Waals surface area contributed by atoms with E-state index in [1.807, 2.05) is 30.3 Å². The predicted molar refractivity (Wildman–Crippen MR) is 111 cm³/mol. The van der Waals surface area contributed by atoms with E-state index >= 15 is 0 Å². The van der Waals surface area contributed by atoms with Gasteiger partial charge in [-0.1, -0.05) is 49.1 Å². The van der Waals surface area contributed by atoms with Crippen LogP contribution in [-0.4, -0.2) is 21.0 Å². The molecule has 0 atom stereocenters. The van der Waals surface area contributed by atoms with Gasteiger partial charge in [0.05, 0.1) is 11.9 Å². The van der Waals surface area contributed by atoms with Gasteiger partial charge in [-0.2, -0.15) is 0 Å². The minimum absolute atomic E-state index is 0.166. The molecule has 2 aromatic rings. The second kappa shape index (κ2) is 11.8. The van der Waals surface area contributed by atoms with Gasteiger partial charge in [-0.05, 0) is 54.0 Å². The zero-order valence-electron chi connectivity index (χ0n) is 15.1. The summed E-state index contributed by atoms with van der Waals surface area (Å²) in [5.41, 5.74) is 1.62. The highest BCUT2D eigenvalue weighted by atomic mass is 127. The Morgan fingerprint density at radius 1 is 1.15 bits per heavy atom. The molecule has 0 fully saturated rings. The summed E-state index contributed by atoms with van der Waals surface area (Å²) in [7, 11) is 0. The first-order valence-electron chi connectivity index (χ1n) is 9.13. The average Bonchev–Trinajstić information content (AvgIpc) is 3.11. The van der Waals surface area contributed by atoms with Gasteiger partial charge >= 0.3 is 5.97 Å². The summed E-state index contributed by atoms with van der Waals surface area (Å²) in [5, 5.41) is 8.18. The normalized spacial score (nSPS) is 10.7. The number of esters is 1. The molecular formula is C20H26IN3O2. The Morgan fingerprint density at radius 2 is 1.88 bits per heavy atom. The number of hydrogen-bond donors (Lipinski definition) is 0. The van der Waals surface area contributed by atoms with Crippen LogP contribution in [0.15, 0.2) is 43.1 Å². The predicted octanol–water partition coefficient (Wildman–Crippen LogP) is 5.22. The average molecular weight is 467 g/mol. The molecule has 0 unspecified atom stereocenters. The van der Waals surface area contributed by atoms with Gasteiger partial charge in [0, 0.05) is 9.99 Å². The number of halogens is 1. The molecule has 0 aliphatic carbocycles. The third kappa shape index (κ3) is 7.27. The number of carbonyl (C=O) groups excluding carboxylic acids is 1. The lowest BCUT2D eigenvalue weighted by atomic mass is 10.1. The van der Waals surface area contributed by atoms with Crippen molar-refractivity contribution in [2.24, 2.45) is 0 Å². The van der Waals surface area contributed by atoms with Crippen molar-refractivity contribution in [1.29, 1.82) is 0 Å². The molecule has 1 aromatic carbocycles. The van der Waals surface area contributed by atoms with Gasteiger partial charge in [0.25, 0.3) is 0 Å². The lowest BCUT2D eigenvalue weighted by Gasteiger charge is -2.03. The van der Waals surface area contributed by atoms with E-state index in [0.717, 1.165) is 28.5 Å². The summed E-state index contributed by atoms with van der Waals surface area (Å²) < 4.78 is 8.09.